The van der Waals surface area contributed by atoms with Crippen molar-refractivity contribution in [2.75, 3.05) is 6.61 Å². The number of pyridine rings is 1. The van der Waals surface area contributed by atoms with Crippen molar-refractivity contribution < 1.29 is 17.9 Å². The van der Waals surface area contributed by atoms with Crippen LogP contribution in [0.4, 0.5) is 13.2 Å². The monoisotopic (exact) mass is 466 g/mol. The summed E-state index contributed by atoms with van der Waals surface area (Å²) in [5, 5.41) is 8.89. The van der Waals surface area contributed by atoms with Crippen molar-refractivity contribution in [3.63, 3.8) is 0 Å². The van der Waals surface area contributed by atoms with E-state index >= 15 is 0 Å². The standard InChI is InChI=1S/C24H21F3N6O/c25-24(26,27)23-21(30-32-31-23)15-6-8-28-19(10-15)20-12-33(13-29-20)11-16-7-9-34-22-17(14-4-5-14)2-1-3-18(16)22/h1-3,6,8,10,12-14,16H,4-5,7,9,11H2,(H,30,31,32)/t16-/m1/s1. The van der Waals surface area contributed by atoms with Gasteiger partial charge in [0.05, 0.1) is 18.6 Å². The third-order valence-electron chi connectivity index (χ3n) is 6.44. The normalized spacial score (nSPS) is 17.9. The van der Waals surface area contributed by atoms with Crippen LogP contribution < -0.4 is 4.74 Å². The van der Waals surface area contributed by atoms with Gasteiger partial charge in [-0.3, -0.25) is 10.1 Å². The van der Waals surface area contributed by atoms with Crippen molar-refractivity contribution in [1.29, 1.82) is 0 Å². The summed E-state index contributed by atoms with van der Waals surface area (Å²) in [5.74, 6) is 1.96. The number of halogens is 3. The molecule has 1 atom stereocenters. The lowest BCUT2D eigenvalue weighted by Crippen LogP contribution is -2.19. The molecule has 1 aromatic carbocycles. The molecule has 0 amide bonds. The molecule has 1 saturated carbocycles. The first-order valence-electron chi connectivity index (χ1n) is 11.2. The van der Waals surface area contributed by atoms with E-state index in [4.69, 9.17) is 4.74 Å². The number of para-hydroxylation sites is 1. The molecule has 1 N–H and O–H groups in total. The van der Waals surface area contributed by atoms with E-state index in [1.165, 1.54) is 36.2 Å². The maximum absolute atomic E-state index is 13.2. The van der Waals surface area contributed by atoms with Crippen LogP contribution in [0.5, 0.6) is 5.75 Å². The second-order valence-corrected chi connectivity index (χ2v) is 8.79. The smallest absolute Gasteiger partial charge is 0.435 e. The highest BCUT2D eigenvalue weighted by atomic mass is 19.4. The highest BCUT2D eigenvalue weighted by Gasteiger charge is 2.37. The van der Waals surface area contributed by atoms with E-state index in [2.05, 4.69) is 38.5 Å². The zero-order chi connectivity index (χ0) is 23.3. The van der Waals surface area contributed by atoms with Crippen molar-refractivity contribution in [3.05, 3.63) is 65.9 Å². The van der Waals surface area contributed by atoms with Crippen LogP contribution in [-0.2, 0) is 12.7 Å². The number of hydrogen-bond donors (Lipinski definition) is 1. The third-order valence-corrected chi connectivity index (χ3v) is 6.44. The van der Waals surface area contributed by atoms with Crippen LogP contribution in [0.3, 0.4) is 0 Å². The summed E-state index contributed by atoms with van der Waals surface area (Å²) in [6, 6.07) is 9.45. The second kappa shape index (κ2) is 7.96. The zero-order valence-corrected chi connectivity index (χ0v) is 18.1. The third kappa shape index (κ3) is 3.82. The molecule has 174 valence electrons. The fourth-order valence-corrected chi connectivity index (χ4v) is 4.62. The number of imidazole rings is 1. The summed E-state index contributed by atoms with van der Waals surface area (Å²) in [6.45, 7) is 1.42. The largest absolute Gasteiger partial charge is 0.493 e. The summed E-state index contributed by atoms with van der Waals surface area (Å²) in [4.78, 5) is 8.77. The number of aromatic amines is 1. The number of nitrogens with zero attached hydrogens (tertiary/aromatic N) is 5. The Balaban J connectivity index is 1.25. The quantitative estimate of drug-likeness (QED) is 0.438. The molecule has 0 bridgehead atoms. The maximum atomic E-state index is 13.2. The predicted octanol–water partition coefficient (Wildman–Crippen LogP) is 5.19. The minimum atomic E-state index is -4.58. The van der Waals surface area contributed by atoms with Crippen LogP contribution in [0.25, 0.3) is 22.6 Å². The molecule has 7 nitrogen and oxygen atoms in total. The van der Waals surface area contributed by atoms with E-state index in [1.807, 2.05) is 15.9 Å². The lowest BCUT2D eigenvalue weighted by molar-refractivity contribution is -0.140. The van der Waals surface area contributed by atoms with Gasteiger partial charge in [-0.05, 0) is 48.4 Å². The van der Waals surface area contributed by atoms with E-state index in [0.29, 0.717) is 29.8 Å². The Morgan fingerprint density at radius 2 is 1.91 bits per heavy atom. The van der Waals surface area contributed by atoms with Crippen molar-refractivity contribution in [2.45, 2.75) is 43.8 Å². The van der Waals surface area contributed by atoms with Gasteiger partial charge < -0.3 is 9.30 Å². The molecule has 0 unspecified atom stereocenters. The van der Waals surface area contributed by atoms with E-state index in [-0.39, 0.29) is 11.3 Å². The number of H-pyrrole nitrogens is 1. The summed E-state index contributed by atoms with van der Waals surface area (Å²) in [6.07, 6.45) is 3.84. The molecule has 6 rings (SSSR count). The molecule has 34 heavy (non-hydrogen) atoms. The average molecular weight is 466 g/mol. The van der Waals surface area contributed by atoms with E-state index < -0.39 is 11.9 Å². The molecule has 4 aromatic rings. The number of benzene rings is 1. The molecular weight excluding hydrogens is 445 g/mol. The molecular formula is C24H21F3N6O. The highest BCUT2D eigenvalue weighted by molar-refractivity contribution is 5.67. The summed E-state index contributed by atoms with van der Waals surface area (Å²) >= 11 is 0. The number of alkyl halides is 3. The molecule has 4 heterocycles. The molecule has 0 spiro atoms. The Bertz CT molecular complexity index is 1340. The maximum Gasteiger partial charge on any atom is 0.435 e. The lowest BCUT2D eigenvalue weighted by atomic mass is 9.90. The minimum Gasteiger partial charge on any atom is -0.493 e. The van der Waals surface area contributed by atoms with Crippen molar-refractivity contribution in [1.82, 2.24) is 29.9 Å². The van der Waals surface area contributed by atoms with Gasteiger partial charge in [0.15, 0.2) is 5.69 Å². The molecule has 3 aromatic heterocycles. The SMILES string of the molecule is FC(F)(F)c1[nH]nnc1-c1ccnc(-c2cn(C[C@H]3CCOc4c(C5CC5)cccc43)cn2)c1. The lowest BCUT2D eigenvalue weighted by Gasteiger charge is -2.28. The minimum absolute atomic E-state index is 0.263. The molecule has 2 aliphatic rings. The van der Waals surface area contributed by atoms with Gasteiger partial charge in [0.25, 0.3) is 0 Å². The fourth-order valence-electron chi connectivity index (χ4n) is 4.62. The van der Waals surface area contributed by atoms with Gasteiger partial charge in [-0.2, -0.15) is 13.2 Å². The van der Waals surface area contributed by atoms with Crippen LogP contribution in [0.2, 0.25) is 0 Å². The van der Waals surface area contributed by atoms with Crippen molar-refractivity contribution >= 4 is 0 Å². The number of aromatic nitrogens is 6. The summed E-state index contributed by atoms with van der Waals surface area (Å²) in [7, 11) is 0. The van der Waals surface area contributed by atoms with Gasteiger partial charge in [-0.25, -0.2) is 4.98 Å². The molecule has 10 heteroatoms. The highest BCUT2D eigenvalue weighted by Crippen LogP contribution is 2.48. The topological polar surface area (TPSA) is 81.5 Å². The number of nitrogens with one attached hydrogen (secondary N) is 1. The fraction of sp³-hybridized carbons (Fsp3) is 0.333. The zero-order valence-electron chi connectivity index (χ0n) is 18.1. The Kier molecular flexibility index (Phi) is 4.89. The first-order valence-corrected chi connectivity index (χ1v) is 11.2. The van der Waals surface area contributed by atoms with Gasteiger partial charge in [0.2, 0.25) is 0 Å². The van der Waals surface area contributed by atoms with Gasteiger partial charge in [-0.15, -0.1) is 5.10 Å². The van der Waals surface area contributed by atoms with E-state index in [9.17, 15) is 13.2 Å². The van der Waals surface area contributed by atoms with Crippen molar-refractivity contribution in [2.24, 2.45) is 0 Å². The van der Waals surface area contributed by atoms with E-state index in [0.717, 1.165) is 18.7 Å². The molecule has 1 aliphatic heterocycles. The van der Waals surface area contributed by atoms with E-state index in [1.54, 1.807) is 12.4 Å². The first kappa shape index (κ1) is 20.9. The van der Waals surface area contributed by atoms with Gasteiger partial charge in [-0.1, -0.05) is 23.4 Å². The Morgan fingerprint density at radius 1 is 1.06 bits per heavy atom. The van der Waals surface area contributed by atoms with Crippen LogP contribution in [0, 0.1) is 0 Å². The van der Waals surface area contributed by atoms with Crippen LogP contribution in [0.1, 0.15) is 47.9 Å². The number of hydrogen-bond acceptors (Lipinski definition) is 5. The molecule has 0 radical (unpaired) electrons. The summed E-state index contributed by atoms with van der Waals surface area (Å²) < 4.78 is 47.8. The molecule has 0 saturated heterocycles. The average Bonchev–Trinajstić information content (AvgIpc) is 3.35. The second-order valence-electron chi connectivity index (χ2n) is 8.79. The number of ether oxygens (including phenoxy) is 1. The predicted molar refractivity (Wildman–Crippen MR) is 117 cm³/mol. The molecule has 1 fully saturated rings. The van der Waals surface area contributed by atoms with Gasteiger partial charge in [0.1, 0.15) is 17.1 Å². The number of fused-ring (bicyclic) bond motifs is 1. The molecule has 1 aliphatic carbocycles. The Labute approximate surface area is 193 Å². The van der Waals surface area contributed by atoms with Gasteiger partial charge >= 0.3 is 6.18 Å². The summed E-state index contributed by atoms with van der Waals surface area (Å²) in [5.41, 5.74) is 2.62. The van der Waals surface area contributed by atoms with Crippen LogP contribution in [0.15, 0.2) is 49.1 Å². The Hall–Kier alpha value is -3.69. The number of rotatable bonds is 5. The Morgan fingerprint density at radius 3 is 2.74 bits per heavy atom. The van der Waals surface area contributed by atoms with Crippen LogP contribution >= 0.6 is 0 Å². The van der Waals surface area contributed by atoms with Gasteiger partial charge in [0, 0.05) is 30.4 Å². The van der Waals surface area contributed by atoms with Crippen LogP contribution in [-0.4, -0.2) is 36.6 Å². The first-order chi connectivity index (χ1) is 16.5. The van der Waals surface area contributed by atoms with Crippen molar-refractivity contribution in [3.8, 4) is 28.4 Å².